The van der Waals surface area contributed by atoms with Crippen molar-refractivity contribution in [1.29, 1.82) is 0 Å². The van der Waals surface area contributed by atoms with Crippen molar-refractivity contribution in [2.75, 3.05) is 13.7 Å². The predicted octanol–water partition coefficient (Wildman–Crippen LogP) is 2.61. The molecule has 6 heteroatoms. The van der Waals surface area contributed by atoms with E-state index in [-0.39, 0.29) is 0 Å². The van der Waals surface area contributed by atoms with Gasteiger partial charge in [0.05, 0.1) is 7.11 Å². The monoisotopic (exact) mass is 248 g/mol. The fourth-order valence-corrected chi connectivity index (χ4v) is 1.37. The normalized spacial score (nSPS) is 11.6. The summed E-state index contributed by atoms with van der Waals surface area (Å²) < 4.78 is 42.6. The van der Waals surface area contributed by atoms with Crippen LogP contribution in [0.5, 0.6) is 5.88 Å². The van der Waals surface area contributed by atoms with E-state index in [9.17, 15) is 13.2 Å². The van der Waals surface area contributed by atoms with Crippen LogP contribution in [0.3, 0.4) is 0 Å². The van der Waals surface area contributed by atoms with Gasteiger partial charge in [-0.05, 0) is 24.6 Å². The van der Waals surface area contributed by atoms with E-state index in [2.05, 4.69) is 15.0 Å². The summed E-state index contributed by atoms with van der Waals surface area (Å²) in [5, 5.41) is 3.02. The molecule has 0 saturated heterocycles. The maximum Gasteiger partial charge on any atom is 0.421 e. The zero-order valence-electron chi connectivity index (χ0n) is 9.77. The first-order chi connectivity index (χ1) is 7.99. The Morgan fingerprint density at radius 2 is 2.12 bits per heavy atom. The summed E-state index contributed by atoms with van der Waals surface area (Å²) in [5.74, 6) is -0.392. The van der Waals surface area contributed by atoms with Gasteiger partial charge in [0, 0.05) is 12.7 Å². The van der Waals surface area contributed by atoms with E-state index in [0.29, 0.717) is 12.1 Å². The minimum atomic E-state index is -4.45. The molecule has 0 radical (unpaired) electrons. The van der Waals surface area contributed by atoms with Gasteiger partial charge in [0.25, 0.3) is 0 Å². The molecule has 0 spiro atoms. The summed E-state index contributed by atoms with van der Waals surface area (Å²) in [6, 6.07) is 1.06. The second kappa shape index (κ2) is 5.86. The van der Waals surface area contributed by atoms with E-state index in [4.69, 9.17) is 0 Å². The van der Waals surface area contributed by atoms with Gasteiger partial charge in [-0.2, -0.15) is 13.2 Å². The minimum Gasteiger partial charge on any atom is -0.481 e. The molecular weight excluding hydrogens is 233 g/mol. The van der Waals surface area contributed by atoms with Crippen molar-refractivity contribution in [3.63, 3.8) is 0 Å². The Morgan fingerprint density at radius 3 is 2.65 bits per heavy atom. The van der Waals surface area contributed by atoms with Gasteiger partial charge in [-0.1, -0.05) is 6.92 Å². The van der Waals surface area contributed by atoms with Gasteiger partial charge >= 0.3 is 6.18 Å². The molecule has 0 aliphatic rings. The molecule has 0 fully saturated rings. The molecule has 96 valence electrons. The molecule has 1 rings (SSSR count). The Bertz CT molecular complexity index is 366. The highest BCUT2D eigenvalue weighted by molar-refractivity contribution is 5.32. The number of nitrogens with zero attached hydrogens (tertiary/aromatic N) is 1. The van der Waals surface area contributed by atoms with Gasteiger partial charge < -0.3 is 10.1 Å². The molecule has 0 saturated carbocycles. The van der Waals surface area contributed by atoms with Gasteiger partial charge in [-0.3, -0.25) is 0 Å². The molecule has 1 heterocycles. The summed E-state index contributed by atoms with van der Waals surface area (Å²) in [6.45, 7) is 3.11. The second-order valence-corrected chi connectivity index (χ2v) is 3.57. The number of ether oxygens (including phenoxy) is 1. The van der Waals surface area contributed by atoms with Gasteiger partial charge in [-0.15, -0.1) is 0 Å². The Labute approximate surface area is 98.0 Å². The summed E-state index contributed by atoms with van der Waals surface area (Å²) in [6.07, 6.45) is -2.13. The molecule has 0 unspecified atom stereocenters. The van der Waals surface area contributed by atoms with E-state index >= 15 is 0 Å². The molecule has 1 N–H and O–H groups in total. The van der Waals surface area contributed by atoms with E-state index in [0.717, 1.165) is 19.0 Å². The fraction of sp³-hybridized carbons (Fsp3) is 0.545. The lowest BCUT2D eigenvalue weighted by atomic mass is 10.2. The van der Waals surface area contributed by atoms with Crippen LogP contribution in [0.1, 0.15) is 24.5 Å². The van der Waals surface area contributed by atoms with Crippen molar-refractivity contribution in [1.82, 2.24) is 10.3 Å². The third-order valence-corrected chi connectivity index (χ3v) is 2.16. The predicted molar refractivity (Wildman–Crippen MR) is 57.8 cm³/mol. The molecule has 1 aromatic rings. The Morgan fingerprint density at radius 1 is 1.41 bits per heavy atom. The van der Waals surface area contributed by atoms with Crippen molar-refractivity contribution >= 4 is 0 Å². The molecule has 1 aromatic heterocycles. The smallest absolute Gasteiger partial charge is 0.421 e. The summed E-state index contributed by atoms with van der Waals surface area (Å²) >= 11 is 0. The zero-order chi connectivity index (χ0) is 12.9. The zero-order valence-corrected chi connectivity index (χ0v) is 9.77. The van der Waals surface area contributed by atoms with Crippen molar-refractivity contribution in [3.8, 4) is 5.88 Å². The first-order valence-corrected chi connectivity index (χ1v) is 5.29. The number of pyridine rings is 1. The van der Waals surface area contributed by atoms with Crippen LogP contribution in [-0.2, 0) is 12.7 Å². The van der Waals surface area contributed by atoms with E-state index in [1.54, 1.807) is 0 Å². The summed E-state index contributed by atoms with van der Waals surface area (Å²) in [4.78, 5) is 3.66. The minimum absolute atomic E-state index is 0.369. The number of hydrogen-bond acceptors (Lipinski definition) is 3. The first kappa shape index (κ1) is 13.8. The van der Waals surface area contributed by atoms with Gasteiger partial charge in [-0.25, -0.2) is 4.98 Å². The average molecular weight is 248 g/mol. The number of alkyl halides is 3. The number of halogens is 3. The van der Waals surface area contributed by atoms with Gasteiger partial charge in [0.15, 0.2) is 0 Å². The summed E-state index contributed by atoms with van der Waals surface area (Å²) in [5.41, 5.74) is -0.345. The molecule has 17 heavy (non-hydrogen) atoms. The SMILES string of the molecule is CCCNCc1cnc(OC)c(C(F)(F)F)c1. The molecule has 0 aliphatic heterocycles. The Kier molecular flexibility index (Phi) is 4.74. The number of hydrogen-bond donors (Lipinski definition) is 1. The Balaban J connectivity index is 2.89. The van der Waals surface area contributed by atoms with Crippen LogP contribution in [0, 0.1) is 0 Å². The lowest BCUT2D eigenvalue weighted by Crippen LogP contribution is -2.16. The quantitative estimate of drug-likeness (QED) is 0.813. The largest absolute Gasteiger partial charge is 0.481 e. The first-order valence-electron chi connectivity index (χ1n) is 5.29. The van der Waals surface area contributed by atoms with Gasteiger partial charge in [0.2, 0.25) is 5.88 Å². The molecule has 0 atom stereocenters. The topological polar surface area (TPSA) is 34.2 Å². The van der Waals surface area contributed by atoms with Crippen LogP contribution >= 0.6 is 0 Å². The van der Waals surface area contributed by atoms with Crippen LogP contribution in [-0.4, -0.2) is 18.6 Å². The van der Waals surface area contributed by atoms with E-state index in [1.807, 2.05) is 6.92 Å². The highest BCUT2D eigenvalue weighted by Gasteiger charge is 2.35. The van der Waals surface area contributed by atoms with Crippen molar-refractivity contribution in [2.24, 2.45) is 0 Å². The van der Waals surface area contributed by atoms with Crippen LogP contribution in [0.2, 0.25) is 0 Å². The number of nitrogens with one attached hydrogen (secondary N) is 1. The maximum absolute atomic E-state index is 12.7. The Hall–Kier alpha value is -1.30. The van der Waals surface area contributed by atoms with Crippen molar-refractivity contribution in [2.45, 2.75) is 26.1 Å². The van der Waals surface area contributed by atoms with Crippen LogP contribution in [0.25, 0.3) is 0 Å². The molecule has 0 bridgehead atoms. The summed E-state index contributed by atoms with van der Waals surface area (Å²) in [7, 11) is 1.17. The number of aromatic nitrogens is 1. The van der Waals surface area contributed by atoms with Crippen molar-refractivity contribution < 1.29 is 17.9 Å². The van der Waals surface area contributed by atoms with Crippen molar-refractivity contribution in [3.05, 3.63) is 23.4 Å². The lowest BCUT2D eigenvalue weighted by molar-refractivity contribution is -0.139. The van der Waals surface area contributed by atoms with Crippen LogP contribution < -0.4 is 10.1 Å². The maximum atomic E-state index is 12.7. The third kappa shape index (κ3) is 3.89. The number of methoxy groups -OCH3 is 1. The van der Waals surface area contributed by atoms with E-state index < -0.39 is 17.6 Å². The third-order valence-electron chi connectivity index (χ3n) is 2.16. The molecule has 0 aromatic carbocycles. The van der Waals surface area contributed by atoms with Crippen LogP contribution in [0.4, 0.5) is 13.2 Å². The molecule has 0 aliphatic carbocycles. The molecular formula is C11H15F3N2O. The highest BCUT2D eigenvalue weighted by Crippen LogP contribution is 2.35. The lowest BCUT2D eigenvalue weighted by Gasteiger charge is -2.12. The van der Waals surface area contributed by atoms with Gasteiger partial charge in [0.1, 0.15) is 5.56 Å². The fourth-order valence-electron chi connectivity index (χ4n) is 1.37. The molecule has 0 amide bonds. The molecule has 3 nitrogen and oxygen atoms in total. The number of rotatable bonds is 5. The second-order valence-electron chi connectivity index (χ2n) is 3.57. The average Bonchev–Trinajstić information content (AvgIpc) is 2.28. The van der Waals surface area contributed by atoms with E-state index in [1.165, 1.54) is 13.3 Å². The van der Waals surface area contributed by atoms with Crippen LogP contribution in [0.15, 0.2) is 12.3 Å². The highest BCUT2D eigenvalue weighted by atomic mass is 19.4. The standard InChI is InChI=1S/C11H15F3N2O/c1-3-4-15-6-8-5-9(11(12,13)14)10(17-2)16-7-8/h5,7,15H,3-4,6H2,1-2H3.